The van der Waals surface area contributed by atoms with Crippen LogP contribution in [0.4, 0.5) is 0 Å². The molecule has 0 atom stereocenters. The number of rotatable bonds is 5. The van der Waals surface area contributed by atoms with Crippen molar-refractivity contribution < 1.29 is 0 Å². The second kappa shape index (κ2) is 10.1. The summed E-state index contributed by atoms with van der Waals surface area (Å²) < 4.78 is 0. The maximum absolute atomic E-state index is 4.42. The average Bonchev–Trinajstić information content (AvgIpc) is 3.33. The zero-order valence-corrected chi connectivity index (χ0v) is 23.7. The van der Waals surface area contributed by atoms with Crippen LogP contribution >= 0.6 is 0 Å². The maximum atomic E-state index is 4.42. The molecule has 0 radical (unpaired) electrons. The van der Waals surface area contributed by atoms with Crippen LogP contribution in [-0.4, -0.2) is 18.0 Å². The summed E-state index contributed by atoms with van der Waals surface area (Å²) >= 11 is 0. The van der Waals surface area contributed by atoms with Gasteiger partial charge in [-0.05, 0) is 78.3 Å². The highest BCUT2D eigenvalue weighted by Gasteiger charge is 2.58. The van der Waals surface area contributed by atoms with E-state index in [1.54, 1.807) is 0 Å². The Kier molecular flexibility index (Phi) is 6.46. The lowest BCUT2D eigenvalue weighted by Crippen LogP contribution is -2.56. The van der Waals surface area contributed by atoms with Crippen LogP contribution in [0.25, 0.3) is 21.5 Å². The Bertz CT molecular complexity index is 1540. The third-order valence-corrected chi connectivity index (χ3v) is 13.9. The van der Waals surface area contributed by atoms with Crippen LogP contribution in [0.3, 0.4) is 0 Å². The van der Waals surface area contributed by atoms with E-state index < -0.39 is 8.07 Å². The first-order valence-electron chi connectivity index (χ1n) is 13.5. The van der Waals surface area contributed by atoms with Gasteiger partial charge in [-0.25, -0.2) is 0 Å². The molecule has 0 saturated heterocycles. The molecule has 3 heteroatoms. The van der Waals surface area contributed by atoms with Crippen molar-refractivity contribution in [3.8, 4) is 0 Å². The van der Waals surface area contributed by atoms with Crippen LogP contribution in [0.5, 0.6) is 0 Å². The molecule has 2 aromatic heterocycles. The quantitative estimate of drug-likeness (QED) is 0.218. The van der Waals surface area contributed by atoms with Crippen LogP contribution in [-0.2, 0) is 0 Å². The number of benzene rings is 3. The summed E-state index contributed by atoms with van der Waals surface area (Å²) in [6.07, 6.45) is 7.74. The van der Waals surface area contributed by atoms with E-state index in [1.807, 2.05) is 24.8 Å². The van der Waals surface area contributed by atoms with Crippen molar-refractivity contribution in [2.45, 2.75) is 25.8 Å². The molecule has 0 aliphatic carbocycles. The van der Waals surface area contributed by atoms with E-state index >= 15 is 0 Å². The molecule has 6 rings (SSSR count). The van der Waals surface area contributed by atoms with Gasteiger partial charge in [0.25, 0.3) is 0 Å². The summed E-state index contributed by atoms with van der Waals surface area (Å²) in [5, 5.41) is 4.23. The van der Waals surface area contributed by atoms with Crippen LogP contribution in [0, 0.1) is 0 Å². The number of pyridine rings is 2. The monoisotopic (exact) mass is 520 g/mol. The molecule has 0 fully saturated rings. The molecule has 190 valence electrons. The minimum Gasteiger partial charge on any atom is -0.265 e. The van der Waals surface area contributed by atoms with Gasteiger partial charge in [0.05, 0.1) is 0 Å². The first-order chi connectivity index (χ1) is 19.0. The van der Waals surface area contributed by atoms with Crippen LogP contribution in [0.2, 0.25) is 5.04 Å². The molecule has 3 heterocycles. The molecule has 0 spiro atoms. The number of aromatic nitrogens is 2. The van der Waals surface area contributed by atoms with Gasteiger partial charge in [0.1, 0.15) is 0 Å². The van der Waals surface area contributed by atoms with Gasteiger partial charge in [-0.1, -0.05) is 112 Å². The summed E-state index contributed by atoms with van der Waals surface area (Å²) in [4.78, 5) is 8.85. The summed E-state index contributed by atoms with van der Waals surface area (Å²) in [7, 11) is -2.74. The highest BCUT2D eigenvalue weighted by Crippen LogP contribution is 2.62. The molecule has 1 aliphatic heterocycles. The van der Waals surface area contributed by atoms with E-state index in [-0.39, 0.29) is 5.04 Å². The number of hydrogen-bond acceptors (Lipinski definition) is 2. The van der Waals surface area contributed by atoms with Crippen molar-refractivity contribution in [2.75, 3.05) is 0 Å². The Hall–Kier alpha value is -4.34. The SMILES string of the molecule is CC(C)(C)[Si]1(c2ccccc2)C(c2ccncc2)=C(c2ccccc2)C(c2ccccc2)=C1c1ccncc1. The van der Waals surface area contributed by atoms with Crippen molar-refractivity contribution in [1.29, 1.82) is 0 Å². The molecule has 0 bridgehead atoms. The zero-order valence-electron chi connectivity index (χ0n) is 22.7. The van der Waals surface area contributed by atoms with Gasteiger partial charge in [-0.3, -0.25) is 9.97 Å². The van der Waals surface area contributed by atoms with Crippen molar-refractivity contribution in [1.82, 2.24) is 9.97 Å². The highest BCUT2D eigenvalue weighted by molar-refractivity contribution is 7.23. The first-order valence-corrected chi connectivity index (χ1v) is 15.5. The predicted molar refractivity (Wildman–Crippen MR) is 167 cm³/mol. The smallest absolute Gasteiger partial charge is 0.156 e. The van der Waals surface area contributed by atoms with Gasteiger partial charge in [-0.15, -0.1) is 0 Å². The molecule has 5 aromatic rings. The Morgan fingerprint density at radius 3 is 1.15 bits per heavy atom. The van der Waals surface area contributed by atoms with Crippen molar-refractivity contribution in [2.24, 2.45) is 0 Å². The lowest BCUT2D eigenvalue weighted by Gasteiger charge is -2.45. The normalized spacial score (nSPS) is 15.1. The fourth-order valence-corrected chi connectivity index (χ4v) is 12.8. The second-order valence-corrected chi connectivity index (χ2v) is 15.6. The summed E-state index contributed by atoms with van der Waals surface area (Å²) in [6, 6.07) is 41.9. The summed E-state index contributed by atoms with van der Waals surface area (Å²) in [6.45, 7) is 7.31. The summed E-state index contributed by atoms with van der Waals surface area (Å²) in [5.41, 5.74) is 7.61. The van der Waals surface area contributed by atoms with E-state index in [4.69, 9.17) is 0 Å². The molecular weight excluding hydrogens is 488 g/mol. The Morgan fingerprint density at radius 1 is 0.436 bits per heavy atom. The van der Waals surface area contributed by atoms with Gasteiger partial charge < -0.3 is 0 Å². The molecule has 0 unspecified atom stereocenters. The van der Waals surface area contributed by atoms with Gasteiger partial charge in [0.2, 0.25) is 0 Å². The van der Waals surface area contributed by atoms with Gasteiger partial charge in [0, 0.05) is 24.8 Å². The number of nitrogens with zero attached hydrogens (tertiary/aromatic N) is 2. The number of hydrogen-bond donors (Lipinski definition) is 0. The minimum atomic E-state index is -2.74. The number of allylic oxidation sites excluding steroid dienone is 2. The average molecular weight is 521 g/mol. The molecule has 0 N–H and O–H groups in total. The zero-order chi connectivity index (χ0) is 26.9. The van der Waals surface area contributed by atoms with Gasteiger partial charge in [-0.2, -0.15) is 0 Å². The van der Waals surface area contributed by atoms with E-state index in [0.717, 1.165) is 0 Å². The molecule has 2 nitrogen and oxygen atoms in total. The molecule has 3 aromatic carbocycles. The molecule has 1 aliphatic rings. The fourth-order valence-electron chi connectivity index (χ4n) is 6.46. The Labute approximate surface area is 232 Å². The molecule has 0 amide bonds. The first kappa shape index (κ1) is 25.0. The van der Waals surface area contributed by atoms with Crippen molar-refractivity contribution >= 4 is 34.8 Å². The summed E-state index contributed by atoms with van der Waals surface area (Å²) in [5.74, 6) is 0. The van der Waals surface area contributed by atoms with E-state index in [1.165, 1.54) is 49.0 Å². The molecule has 39 heavy (non-hydrogen) atoms. The second-order valence-electron chi connectivity index (χ2n) is 11.1. The highest BCUT2D eigenvalue weighted by atomic mass is 28.3. The Balaban J connectivity index is 1.91. The maximum Gasteiger partial charge on any atom is 0.156 e. The van der Waals surface area contributed by atoms with Crippen LogP contribution in [0.15, 0.2) is 140 Å². The van der Waals surface area contributed by atoms with E-state index in [2.05, 4.69) is 146 Å². The van der Waals surface area contributed by atoms with Crippen molar-refractivity contribution in [3.63, 3.8) is 0 Å². The van der Waals surface area contributed by atoms with Gasteiger partial charge >= 0.3 is 0 Å². The third kappa shape index (κ3) is 4.10. The Morgan fingerprint density at radius 2 is 0.795 bits per heavy atom. The molecular formula is C36H32N2Si. The lowest BCUT2D eigenvalue weighted by molar-refractivity contribution is 0.741. The predicted octanol–water partition coefficient (Wildman–Crippen LogP) is 8.25. The van der Waals surface area contributed by atoms with Crippen LogP contribution in [0.1, 0.15) is 43.0 Å². The fraction of sp³-hybridized carbons (Fsp3) is 0.111. The van der Waals surface area contributed by atoms with Crippen LogP contribution < -0.4 is 5.19 Å². The van der Waals surface area contributed by atoms with E-state index in [9.17, 15) is 0 Å². The van der Waals surface area contributed by atoms with E-state index in [0.29, 0.717) is 0 Å². The minimum absolute atomic E-state index is 0.0673. The largest absolute Gasteiger partial charge is 0.265 e. The third-order valence-electron chi connectivity index (χ3n) is 7.89. The molecule has 0 saturated carbocycles. The lowest BCUT2D eigenvalue weighted by atomic mass is 9.89. The standard InChI is InChI=1S/C36H32N2Si/c1-36(2,3)39(31-17-11-6-12-18-31)34(29-19-23-37-24-20-29)32(27-13-7-4-8-14-27)33(28-15-9-5-10-16-28)35(39)30-21-25-38-26-22-30/h4-26H,1-3H3. The topological polar surface area (TPSA) is 25.8 Å². The van der Waals surface area contributed by atoms with Crippen molar-refractivity contribution in [3.05, 3.63) is 162 Å². The van der Waals surface area contributed by atoms with Gasteiger partial charge in [0.15, 0.2) is 8.07 Å².